The summed E-state index contributed by atoms with van der Waals surface area (Å²) in [6.45, 7) is 3.54. The first-order valence-electron chi connectivity index (χ1n) is 7.44. The second-order valence-corrected chi connectivity index (χ2v) is 5.64. The Hall–Kier alpha value is -1.79. The van der Waals surface area contributed by atoms with Crippen LogP contribution < -0.4 is 0 Å². The van der Waals surface area contributed by atoms with E-state index in [0.29, 0.717) is 18.4 Å². The molecule has 1 aliphatic carbocycles. The van der Waals surface area contributed by atoms with Crippen molar-refractivity contribution in [2.45, 2.75) is 51.7 Å². The van der Waals surface area contributed by atoms with E-state index in [0.717, 1.165) is 0 Å². The van der Waals surface area contributed by atoms with Gasteiger partial charge < -0.3 is 14.9 Å². The number of rotatable bonds is 2. The van der Waals surface area contributed by atoms with Crippen LogP contribution >= 0.6 is 0 Å². The van der Waals surface area contributed by atoms with Crippen LogP contribution in [0.1, 0.15) is 39.5 Å². The van der Waals surface area contributed by atoms with Gasteiger partial charge in [0.05, 0.1) is 17.3 Å². The Labute approximate surface area is 128 Å². The molecule has 2 rings (SSSR count). The van der Waals surface area contributed by atoms with E-state index in [9.17, 15) is 24.6 Å². The molecule has 1 heterocycles. The van der Waals surface area contributed by atoms with Gasteiger partial charge in [-0.25, -0.2) is 9.59 Å². The summed E-state index contributed by atoms with van der Waals surface area (Å²) in [7, 11) is 0. The van der Waals surface area contributed by atoms with E-state index in [1.165, 1.54) is 0 Å². The normalized spacial score (nSPS) is 31.7. The fourth-order valence-electron chi connectivity index (χ4n) is 3.03. The van der Waals surface area contributed by atoms with Crippen LogP contribution in [-0.2, 0) is 19.1 Å². The molecule has 0 fully saturated rings. The van der Waals surface area contributed by atoms with Gasteiger partial charge in [0.15, 0.2) is 5.78 Å². The van der Waals surface area contributed by atoms with Crippen LogP contribution in [0.15, 0.2) is 22.8 Å². The molecule has 1 aliphatic heterocycles. The molecule has 0 amide bonds. The van der Waals surface area contributed by atoms with E-state index < -0.39 is 35.8 Å². The predicted molar refractivity (Wildman–Crippen MR) is 76.5 cm³/mol. The number of aliphatic hydroxyl groups excluding tert-OH is 2. The molecule has 2 aliphatic rings. The van der Waals surface area contributed by atoms with Crippen LogP contribution in [0.3, 0.4) is 0 Å². The zero-order chi connectivity index (χ0) is 16.4. The highest BCUT2D eigenvalue weighted by atomic mass is 16.6. The highest BCUT2D eigenvalue weighted by Crippen LogP contribution is 2.36. The van der Waals surface area contributed by atoms with Crippen LogP contribution in [0.2, 0.25) is 0 Å². The van der Waals surface area contributed by atoms with E-state index in [-0.39, 0.29) is 24.0 Å². The van der Waals surface area contributed by atoms with Gasteiger partial charge in [0.25, 0.3) is 0 Å². The first kappa shape index (κ1) is 16.6. The molecular formula is C16H20O6. The zero-order valence-corrected chi connectivity index (χ0v) is 12.7. The number of esters is 2. The standard InChI is InChI=1S/C16H20O6/c1-3-5-9-13-10(15(20)22-16(13)21)6-8(4-2)11(17)7-12(18)14(9)19/h4,9,11,14,17,19H,3,5-7H2,1-2H3/b8-4-/t9-,11+,14+/m1/s1. The molecule has 0 aromatic heterocycles. The molecule has 0 unspecified atom stereocenters. The lowest BCUT2D eigenvalue weighted by Crippen LogP contribution is -2.34. The quantitative estimate of drug-likeness (QED) is 0.445. The number of carbonyl (C=O) groups is 3. The smallest absolute Gasteiger partial charge is 0.342 e. The molecule has 0 saturated heterocycles. The highest BCUT2D eigenvalue weighted by molar-refractivity contribution is 6.13. The minimum absolute atomic E-state index is 0.0534. The Kier molecular flexibility index (Phi) is 4.93. The summed E-state index contributed by atoms with van der Waals surface area (Å²) in [6, 6.07) is 0. The van der Waals surface area contributed by atoms with E-state index in [1.54, 1.807) is 13.0 Å². The minimum Gasteiger partial charge on any atom is -0.388 e. The monoisotopic (exact) mass is 308 g/mol. The zero-order valence-electron chi connectivity index (χ0n) is 12.7. The maximum absolute atomic E-state index is 12.2. The second-order valence-electron chi connectivity index (χ2n) is 5.64. The van der Waals surface area contributed by atoms with E-state index in [4.69, 9.17) is 0 Å². The van der Waals surface area contributed by atoms with Crippen LogP contribution in [0.4, 0.5) is 0 Å². The third-order valence-corrected chi connectivity index (χ3v) is 4.23. The molecule has 0 spiro atoms. The van der Waals surface area contributed by atoms with E-state index in [2.05, 4.69) is 4.74 Å². The number of ether oxygens (including phenoxy) is 1. The summed E-state index contributed by atoms with van der Waals surface area (Å²) in [4.78, 5) is 36.1. The number of aliphatic hydroxyl groups is 2. The summed E-state index contributed by atoms with van der Waals surface area (Å²) in [5.74, 6) is -2.85. The average Bonchev–Trinajstić information content (AvgIpc) is 2.75. The summed E-state index contributed by atoms with van der Waals surface area (Å²) < 4.78 is 4.67. The average molecular weight is 308 g/mol. The number of Topliss-reactive ketones (excluding diaryl/α,β-unsaturated/α-hetero) is 1. The van der Waals surface area contributed by atoms with Crippen molar-refractivity contribution in [2.24, 2.45) is 5.92 Å². The van der Waals surface area contributed by atoms with Gasteiger partial charge in [0.1, 0.15) is 6.10 Å². The highest BCUT2D eigenvalue weighted by Gasteiger charge is 2.43. The Bertz CT molecular complexity index is 571. The maximum Gasteiger partial charge on any atom is 0.342 e. The van der Waals surface area contributed by atoms with Gasteiger partial charge in [-0.15, -0.1) is 0 Å². The number of cyclic esters (lactones) is 2. The van der Waals surface area contributed by atoms with Gasteiger partial charge in [-0.3, -0.25) is 4.79 Å². The molecule has 6 heteroatoms. The number of hydrogen-bond acceptors (Lipinski definition) is 6. The van der Waals surface area contributed by atoms with Crippen molar-refractivity contribution in [3.8, 4) is 0 Å². The topological polar surface area (TPSA) is 101 Å². The molecule has 0 radical (unpaired) electrons. The number of hydrogen-bond donors (Lipinski definition) is 2. The Morgan fingerprint density at radius 3 is 2.50 bits per heavy atom. The van der Waals surface area contributed by atoms with Gasteiger partial charge in [-0.1, -0.05) is 19.4 Å². The molecular weight excluding hydrogens is 288 g/mol. The molecule has 120 valence electrons. The van der Waals surface area contributed by atoms with Gasteiger partial charge in [0, 0.05) is 18.8 Å². The number of ketones is 1. The summed E-state index contributed by atoms with van der Waals surface area (Å²) >= 11 is 0. The van der Waals surface area contributed by atoms with Crippen molar-refractivity contribution in [3.05, 3.63) is 22.8 Å². The number of carbonyl (C=O) groups excluding carboxylic acids is 3. The van der Waals surface area contributed by atoms with Crippen molar-refractivity contribution >= 4 is 17.7 Å². The third-order valence-electron chi connectivity index (χ3n) is 4.23. The lowest BCUT2D eigenvalue weighted by Gasteiger charge is -2.21. The lowest BCUT2D eigenvalue weighted by atomic mass is 9.84. The van der Waals surface area contributed by atoms with Crippen molar-refractivity contribution < 1.29 is 29.3 Å². The Morgan fingerprint density at radius 1 is 1.23 bits per heavy atom. The molecule has 2 N–H and O–H groups in total. The fraction of sp³-hybridized carbons (Fsp3) is 0.562. The Balaban J connectivity index is 2.58. The first-order valence-corrected chi connectivity index (χ1v) is 7.44. The third kappa shape index (κ3) is 2.89. The Morgan fingerprint density at radius 2 is 1.91 bits per heavy atom. The lowest BCUT2D eigenvalue weighted by molar-refractivity contribution is -0.151. The van der Waals surface area contributed by atoms with Gasteiger partial charge in [-0.2, -0.15) is 0 Å². The van der Waals surface area contributed by atoms with Crippen LogP contribution in [0, 0.1) is 5.92 Å². The molecule has 6 nitrogen and oxygen atoms in total. The van der Waals surface area contributed by atoms with Crippen molar-refractivity contribution in [1.29, 1.82) is 0 Å². The molecule has 0 saturated carbocycles. The largest absolute Gasteiger partial charge is 0.388 e. The molecule has 0 aromatic rings. The van der Waals surface area contributed by atoms with E-state index in [1.807, 2.05) is 6.92 Å². The fourth-order valence-corrected chi connectivity index (χ4v) is 3.03. The molecule has 22 heavy (non-hydrogen) atoms. The van der Waals surface area contributed by atoms with Crippen LogP contribution in [0.5, 0.6) is 0 Å². The van der Waals surface area contributed by atoms with Crippen LogP contribution in [0.25, 0.3) is 0 Å². The SMILES string of the molecule is C/C=C1/CC2=C(C(=O)OC2=O)[C@@H](CCC)[C@H](O)C(=O)C[C@@H]1O. The summed E-state index contributed by atoms with van der Waals surface area (Å²) in [5, 5.41) is 20.4. The minimum atomic E-state index is -1.42. The van der Waals surface area contributed by atoms with E-state index >= 15 is 0 Å². The maximum atomic E-state index is 12.2. The molecule has 0 bridgehead atoms. The molecule has 3 atom stereocenters. The van der Waals surface area contributed by atoms with Crippen LogP contribution in [-0.4, -0.2) is 40.1 Å². The summed E-state index contributed by atoms with van der Waals surface area (Å²) in [5.41, 5.74) is 0.697. The summed E-state index contributed by atoms with van der Waals surface area (Å²) in [6.07, 6.45) is -0.0470. The van der Waals surface area contributed by atoms with Crippen molar-refractivity contribution in [1.82, 2.24) is 0 Å². The van der Waals surface area contributed by atoms with Gasteiger partial charge in [0.2, 0.25) is 0 Å². The second kappa shape index (κ2) is 6.54. The van der Waals surface area contributed by atoms with Crippen molar-refractivity contribution in [2.75, 3.05) is 0 Å². The van der Waals surface area contributed by atoms with Crippen molar-refractivity contribution in [3.63, 3.8) is 0 Å². The van der Waals surface area contributed by atoms with Gasteiger partial charge in [-0.05, 0) is 18.9 Å². The van der Waals surface area contributed by atoms with Gasteiger partial charge >= 0.3 is 11.9 Å². The first-order chi connectivity index (χ1) is 10.4. The molecule has 0 aromatic carbocycles. The predicted octanol–water partition coefficient (Wildman–Crippen LogP) is 0.814. The number of allylic oxidation sites excluding steroid dienone is 1.